The minimum absolute atomic E-state index is 0.0597. The molecule has 2 aromatic rings. The topological polar surface area (TPSA) is 34.2 Å². The molecule has 0 aromatic heterocycles. The van der Waals surface area contributed by atoms with Gasteiger partial charge in [0.15, 0.2) is 0 Å². The summed E-state index contributed by atoms with van der Waals surface area (Å²) in [4.78, 5) is 9.73. The zero-order valence-electron chi connectivity index (χ0n) is 29.0. The second kappa shape index (κ2) is 15.1. The maximum absolute atomic E-state index is 5.46. The lowest BCUT2D eigenvalue weighted by molar-refractivity contribution is 0.163. The second-order valence-corrected chi connectivity index (χ2v) is 15.8. The minimum Gasteiger partial charge on any atom is -0.383 e. The lowest BCUT2D eigenvalue weighted by Crippen LogP contribution is -2.52. The highest BCUT2D eigenvalue weighted by molar-refractivity contribution is 7.81. The Labute approximate surface area is 274 Å². The van der Waals surface area contributed by atoms with Gasteiger partial charge in [0.25, 0.3) is 0 Å². The highest BCUT2D eigenvalue weighted by Gasteiger charge is 2.26. The van der Waals surface area contributed by atoms with Crippen molar-refractivity contribution in [1.82, 2.24) is 20.0 Å². The van der Waals surface area contributed by atoms with Crippen LogP contribution in [0, 0.1) is 0 Å². The molecule has 2 heterocycles. The Bertz CT molecular complexity index is 1270. The fourth-order valence-electron chi connectivity index (χ4n) is 6.56. The van der Waals surface area contributed by atoms with Crippen LogP contribution in [0.4, 0.5) is 5.69 Å². The number of hydrogen-bond acceptors (Lipinski definition) is 7. The number of nitrogens with one attached hydrogen (secondary N) is 1. The number of likely N-dealkylation sites (N-methyl/N-ethyl adjacent to an activating group) is 1. The summed E-state index contributed by atoms with van der Waals surface area (Å²) in [5.74, 6) is 0. The van der Waals surface area contributed by atoms with E-state index < -0.39 is 0 Å². The molecular weight excluding hydrogens is 563 g/mol. The van der Waals surface area contributed by atoms with Crippen molar-refractivity contribution < 1.29 is 4.74 Å². The molecular formula is C37H59N5OS. The predicted octanol–water partition coefficient (Wildman–Crippen LogP) is 5.86. The number of anilines is 1. The second-order valence-electron chi connectivity index (χ2n) is 14.7. The number of ether oxygens (including phenoxy) is 1. The van der Waals surface area contributed by atoms with Gasteiger partial charge < -0.3 is 29.7 Å². The first-order chi connectivity index (χ1) is 20.8. The smallest absolute Gasteiger partial charge is 0.0633 e. The quantitative estimate of drug-likeness (QED) is 0.273. The van der Waals surface area contributed by atoms with Crippen molar-refractivity contribution in [2.24, 2.45) is 0 Å². The van der Waals surface area contributed by atoms with Crippen molar-refractivity contribution in [3.63, 3.8) is 0 Å². The van der Waals surface area contributed by atoms with Crippen LogP contribution >= 0.6 is 12.6 Å². The number of nitrogens with zero attached hydrogens (tertiary/aromatic N) is 4. The maximum Gasteiger partial charge on any atom is 0.0633 e. The Kier molecular flexibility index (Phi) is 12.0. The normalized spacial score (nSPS) is 18.8. The van der Waals surface area contributed by atoms with Crippen molar-refractivity contribution in [1.29, 1.82) is 0 Å². The molecule has 0 radical (unpaired) electrons. The van der Waals surface area contributed by atoms with Crippen LogP contribution < -0.4 is 10.2 Å². The van der Waals surface area contributed by atoms with Crippen LogP contribution in [0.15, 0.2) is 42.5 Å². The van der Waals surface area contributed by atoms with Crippen LogP contribution in [0.3, 0.4) is 0 Å². The van der Waals surface area contributed by atoms with E-state index in [-0.39, 0.29) is 10.2 Å². The van der Waals surface area contributed by atoms with E-state index in [0.717, 1.165) is 71.8 Å². The Morgan fingerprint density at radius 2 is 1.70 bits per heavy atom. The summed E-state index contributed by atoms with van der Waals surface area (Å²) in [7, 11) is 10.6. The standard InChI is InChI=1S/C37H59N5OS/c1-36(2,31-11-13-35(30(23-31)24-39(5)6)42-21-17-38-33(26-42)27-43-9)16-20-41(8)25-29-22-32(37(3,4)44)10-12-34(29)28-14-18-40(7)19-15-28/h10-14,22-23,33,38,44H,15-21,24-27H2,1-9H3. The Balaban J connectivity index is 1.50. The van der Waals surface area contributed by atoms with Crippen LogP contribution in [0.2, 0.25) is 0 Å². The lowest BCUT2D eigenvalue weighted by Gasteiger charge is -2.37. The molecule has 2 aliphatic rings. The third-order valence-electron chi connectivity index (χ3n) is 9.44. The van der Waals surface area contributed by atoms with Gasteiger partial charge in [-0.1, -0.05) is 50.3 Å². The van der Waals surface area contributed by atoms with E-state index in [1.807, 2.05) is 0 Å². The number of thiol groups is 1. The fourth-order valence-corrected chi connectivity index (χ4v) is 6.70. The van der Waals surface area contributed by atoms with E-state index in [0.29, 0.717) is 6.04 Å². The molecule has 0 aliphatic carbocycles. The fraction of sp³-hybridized carbons (Fsp3) is 0.622. The Hall–Kier alpha value is -1.87. The summed E-state index contributed by atoms with van der Waals surface area (Å²) >= 11 is 4.91. The summed E-state index contributed by atoms with van der Waals surface area (Å²) in [5, 5.41) is 3.60. The van der Waals surface area contributed by atoms with E-state index in [9.17, 15) is 0 Å². The number of benzene rings is 2. The van der Waals surface area contributed by atoms with Crippen LogP contribution in [-0.4, -0.2) is 102 Å². The molecule has 244 valence electrons. The van der Waals surface area contributed by atoms with Crippen LogP contribution in [0.25, 0.3) is 5.57 Å². The number of hydrogen-bond donors (Lipinski definition) is 2. The van der Waals surface area contributed by atoms with Crippen LogP contribution in [-0.2, 0) is 28.0 Å². The molecule has 4 rings (SSSR count). The summed E-state index contributed by atoms with van der Waals surface area (Å²) in [6, 6.07) is 14.6. The Morgan fingerprint density at radius 3 is 2.36 bits per heavy atom. The molecule has 0 amide bonds. The lowest BCUT2D eigenvalue weighted by atomic mass is 9.80. The zero-order chi connectivity index (χ0) is 32.1. The van der Waals surface area contributed by atoms with Gasteiger partial charge in [0.1, 0.15) is 0 Å². The predicted molar refractivity (Wildman–Crippen MR) is 192 cm³/mol. The molecule has 2 aromatic carbocycles. The van der Waals surface area contributed by atoms with E-state index in [1.54, 1.807) is 7.11 Å². The van der Waals surface area contributed by atoms with Crippen molar-refractivity contribution in [2.75, 3.05) is 86.1 Å². The van der Waals surface area contributed by atoms with Gasteiger partial charge in [-0.05, 0) is 106 Å². The number of methoxy groups -OCH3 is 1. The molecule has 1 saturated heterocycles. The summed E-state index contributed by atoms with van der Waals surface area (Å²) in [6.45, 7) is 18.0. The summed E-state index contributed by atoms with van der Waals surface area (Å²) in [5.41, 5.74) is 9.86. The minimum atomic E-state index is -0.166. The third-order valence-corrected chi connectivity index (χ3v) is 9.70. The van der Waals surface area contributed by atoms with E-state index in [1.165, 1.54) is 39.1 Å². The average Bonchev–Trinajstić information content (AvgIpc) is 2.96. The van der Waals surface area contributed by atoms with Gasteiger partial charge in [0.2, 0.25) is 0 Å². The van der Waals surface area contributed by atoms with Gasteiger partial charge in [-0.25, -0.2) is 0 Å². The monoisotopic (exact) mass is 621 g/mol. The van der Waals surface area contributed by atoms with Crippen LogP contribution in [0.5, 0.6) is 0 Å². The van der Waals surface area contributed by atoms with E-state index in [2.05, 4.69) is 123 Å². The van der Waals surface area contributed by atoms with Crippen molar-refractivity contribution in [3.05, 3.63) is 70.3 Å². The molecule has 0 spiro atoms. The van der Waals surface area contributed by atoms with E-state index in [4.69, 9.17) is 17.4 Å². The molecule has 7 heteroatoms. The van der Waals surface area contributed by atoms with Crippen molar-refractivity contribution in [3.8, 4) is 0 Å². The highest BCUT2D eigenvalue weighted by Crippen LogP contribution is 2.35. The van der Waals surface area contributed by atoms with Crippen molar-refractivity contribution in [2.45, 2.75) is 69.8 Å². The maximum atomic E-state index is 5.46. The first-order valence-corrected chi connectivity index (χ1v) is 16.9. The zero-order valence-corrected chi connectivity index (χ0v) is 29.9. The van der Waals surface area contributed by atoms with Gasteiger partial charge in [0, 0.05) is 69.4 Å². The van der Waals surface area contributed by atoms with E-state index >= 15 is 0 Å². The molecule has 6 nitrogen and oxygen atoms in total. The van der Waals surface area contributed by atoms with Gasteiger partial charge in [-0.2, -0.15) is 12.6 Å². The van der Waals surface area contributed by atoms with Gasteiger partial charge in [-0.15, -0.1) is 0 Å². The Morgan fingerprint density at radius 1 is 0.977 bits per heavy atom. The van der Waals surface area contributed by atoms with Crippen molar-refractivity contribution >= 4 is 23.9 Å². The molecule has 2 aliphatic heterocycles. The molecule has 0 saturated carbocycles. The number of rotatable bonds is 13. The highest BCUT2D eigenvalue weighted by atomic mass is 32.1. The largest absolute Gasteiger partial charge is 0.383 e. The molecule has 1 N–H and O–H groups in total. The van der Waals surface area contributed by atoms with Crippen LogP contribution in [0.1, 0.15) is 68.4 Å². The molecule has 1 fully saturated rings. The SMILES string of the molecule is COCC1CN(c2ccc(C(C)(C)CCN(C)Cc3cc(C(C)(C)S)ccc3C3=CCN(C)CC3)cc2CN(C)C)CCN1. The molecule has 1 atom stereocenters. The van der Waals surface area contributed by atoms with Gasteiger partial charge in [-0.3, -0.25) is 0 Å². The first kappa shape index (κ1) is 35.0. The molecule has 0 bridgehead atoms. The van der Waals surface area contributed by atoms with Gasteiger partial charge >= 0.3 is 0 Å². The van der Waals surface area contributed by atoms with Gasteiger partial charge in [0.05, 0.1) is 6.61 Å². The number of piperazine rings is 1. The summed E-state index contributed by atoms with van der Waals surface area (Å²) < 4.78 is 5.29. The average molecular weight is 622 g/mol. The first-order valence-electron chi connectivity index (χ1n) is 16.4. The molecule has 1 unspecified atom stereocenters. The third kappa shape index (κ3) is 9.34. The summed E-state index contributed by atoms with van der Waals surface area (Å²) in [6.07, 6.45) is 4.62. The molecule has 44 heavy (non-hydrogen) atoms.